The Morgan fingerprint density at radius 3 is 2.74 bits per heavy atom. The average molecular weight is 379 g/mol. The van der Waals surface area contributed by atoms with Crippen molar-refractivity contribution >= 4 is 17.4 Å². The van der Waals surface area contributed by atoms with Crippen LogP contribution in [0.4, 0.5) is 5.82 Å². The summed E-state index contributed by atoms with van der Waals surface area (Å²) in [4.78, 5) is 19.1. The summed E-state index contributed by atoms with van der Waals surface area (Å²) in [5, 5.41) is 4.64. The lowest BCUT2D eigenvalue weighted by Gasteiger charge is -2.17. The van der Waals surface area contributed by atoms with Crippen molar-refractivity contribution in [2.75, 3.05) is 11.9 Å². The van der Waals surface area contributed by atoms with Crippen LogP contribution in [0, 0.1) is 0 Å². The number of aromatic nitrogens is 5. The van der Waals surface area contributed by atoms with Crippen LogP contribution in [0.2, 0.25) is 5.02 Å². The molecular weight excluding hydrogens is 364 g/mol. The van der Waals surface area contributed by atoms with Crippen molar-refractivity contribution < 1.29 is 4.52 Å². The SMILES string of the molecule is CN(Cc1ccncn1)c1ccc(-c2nc(-c3cccc(Cl)c3)no2)cn1. The molecule has 27 heavy (non-hydrogen) atoms. The van der Waals surface area contributed by atoms with Crippen LogP contribution in [-0.4, -0.2) is 32.1 Å². The van der Waals surface area contributed by atoms with E-state index in [9.17, 15) is 0 Å². The Balaban J connectivity index is 1.51. The monoisotopic (exact) mass is 378 g/mol. The van der Waals surface area contributed by atoms with Gasteiger partial charge in [-0.25, -0.2) is 15.0 Å². The van der Waals surface area contributed by atoms with Crippen LogP contribution in [0.3, 0.4) is 0 Å². The highest BCUT2D eigenvalue weighted by Crippen LogP contribution is 2.24. The molecule has 3 aromatic heterocycles. The van der Waals surface area contributed by atoms with Crippen molar-refractivity contribution in [3.63, 3.8) is 0 Å². The molecule has 0 spiro atoms. The zero-order valence-electron chi connectivity index (χ0n) is 14.5. The summed E-state index contributed by atoms with van der Waals surface area (Å²) in [7, 11) is 1.95. The molecule has 0 fully saturated rings. The molecule has 8 heteroatoms. The van der Waals surface area contributed by atoms with Crippen molar-refractivity contribution in [1.82, 2.24) is 25.1 Å². The van der Waals surface area contributed by atoms with E-state index in [0.29, 0.717) is 23.3 Å². The van der Waals surface area contributed by atoms with Crippen molar-refractivity contribution in [3.05, 3.63) is 71.9 Å². The van der Waals surface area contributed by atoms with Crippen LogP contribution >= 0.6 is 11.6 Å². The van der Waals surface area contributed by atoms with Gasteiger partial charge in [-0.05, 0) is 30.3 Å². The molecule has 7 nitrogen and oxygen atoms in total. The van der Waals surface area contributed by atoms with E-state index in [0.717, 1.165) is 22.6 Å². The second kappa shape index (κ2) is 7.51. The molecule has 0 aliphatic heterocycles. The topological polar surface area (TPSA) is 80.8 Å². The van der Waals surface area contributed by atoms with E-state index in [1.807, 2.05) is 42.3 Å². The summed E-state index contributed by atoms with van der Waals surface area (Å²) in [6.07, 6.45) is 4.97. The van der Waals surface area contributed by atoms with Gasteiger partial charge in [-0.2, -0.15) is 4.98 Å². The Morgan fingerprint density at radius 1 is 1.07 bits per heavy atom. The Hall–Kier alpha value is -3.32. The zero-order valence-corrected chi connectivity index (χ0v) is 15.2. The molecule has 0 atom stereocenters. The first-order chi connectivity index (χ1) is 13.2. The van der Waals surface area contributed by atoms with Crippen LogP contribution in [0.1, 0.15) is 5.69 Å². The van der Waals surface area contributed by atoms with Crippen molar-refractivity contribution in [2.45, 2.75) is 6.54 Å². The van der Waals surface area contributed by atoms with E-state index < -0.39 is 0 Å². The molecule has 3 heterocycles. The Bertz CT molecular complexity index is 1040. The average Bonchev–Trinajstić information content (AvgIpc) is 3.19. The minimum absolute atomic E-state index is 0.405. The summed E-state index contributed by atoms with van der Waals surface area (Å²) >= 11 is 6.01. The van der Waals surface area contributed by atoms with Crippen LogP contribution in [-0.2, 0) is 6.54 Å². The first-order valence-electron chi connectivity index (χ1n) is 8.21. The highest BCUT2D eigenvalue weighted by atomic mass is 35.5. The number of pyridine rings is 1. The summed E-state index contributed by atoms with van der Waals surface area (Å²) in [6.45, 7) is 0.633. The lowest BCUT2D eigenvalue weighted by atomic mass is 10.2. The lowest BCUT2D eigenvalue weighted by molar-refractivity contribution is 0.432. The fourth-order valence-electron chi connectivity index (χ4n) is 2.56. The number of hydrogen-bond acceptors (Lipinski definition) is 7. The van der Waals surface area contributed by atoms with E-state index in [2.05, 4.69) is 25.1 Å². The first kappa shape index (κ1) is 17.1. The molecule has 4 rings (SSSR count). The van der Waals surface area contributed by atoms with Gasteiger partial charge in [-0.1, -0.05) is 28.9 Å². The molecule has 0 amide bonds. The van der Waals surface area contributed by atoms with Crippen LogP contribution < -0.4 is 4.90 Å². The van der Waals surface area contributed by atoms with Gasteiger partial charge in [0.15, 0.2) is 0 Å². The number of anilines is 1. The van der Waals surface area contributed by atoms with Crippen molar-refractivity contribution in [3.8, 4) is 22.8 Å². The van der Waals surface area contributed by atoms with Crippen LogP contribution in [0.25, 0.3) is 22.8 Å². The van der Waals surface area contributed by atoms with Gasteiger partial charge in [0.1, 0.15) is 12.1 Å². The minimum atomic E-state index is 0.405. The molecule has 4 aromatic rings. The lowest BCUT2D eigenvalue weighted by Crippen LogP contribution is -2.18. The molecule has 0 saturated heterocycles. The maximum atomic E-state index is 6.01. The number of hydrogen-bond donors (Lipinski definition) is 0. The molecule has 0 saturated carbocycles. The second-order valence-electron chi connectivity index (χ2n) is 5.90. The number of halogens is 1. The number of nitrogens with zero attached hydrogens (tertiary/aromatic N) is 6. The molecule has 1 aromatic carbocycles. The van der Waals surface area contributed by atoms with Gasteiger partial charge in [-0.3, -0.25) is 0 Å². The van der Waals surface area contributed by atoms with E-state index in [1.54, 1.807) is 24.5 Å². The van der Waals surface area contributed by atoms with Gasteiger partial charge >= 0.3 is 0 Å². The highest BCUT2D eigenvalue weighted by molar-refractivity contribution is 6.30. The van der Waals surface area contributed by atoms with Gasteiger partial charge in [0.25, 0.3) is 5.89 Å². The van der Waals surface area contributed by atoms with Gasteiger partial charge in [0, 0.05) is 30.0 Å². The maximum Gasteiger partial charge on any atom is 0.259 e. The standard InChI is InChI=1S/C19H15ClN6O/c1-26(11-16-7-8-21-12-23-16)17-6-5-14(10-22-17)19-24-18(25-27-19)13-3-2-4-15(20)9-13/h2-10,12H,11H2,1H3. The van der Waals surface area contributed by atoms with Crippen LogP contribution in [0.5, 0.6) is 0 Å². The van der Waals surface area contributed by atoms with Crippen molar-refractivity contribution in [2.24, 2.45) is 0 Å². The van der Waals surface area contributed by atoms with Crippen LogP contribution in [0.15, 0.2) is 65.7 Å². The van der Waals surface area contributed by atoms with Gasteiger partial charge in [0.2, 0.25) is 5.82 Å². The second-order valence-corrected chi connectivity index (χ2v) is 6.33. The predicted molar refractivity (Wildman–Crippen MR) is 102 cm³/mol. The van der Waals surface area contributed by atoms with Crippen molar-refractivity contribution in [1.29, 1.82) is 0 Å². The molecule has 0 bridgehead atoms. The summed E-state index contributed by atoms with van der Waals surface area (Å²) in [5.74, 6) is 1.70. The molecular formula is C19H15ClN6O. The van der Waals surface area contributed by atoms with E-state index in [-0.39, 0.29) is 0 Å². The molecule has 0 unspecified atom stereocenters. The van der Waals surface area contributed by atoms with Gasteiger partial charge < -0.3 is 9.42 Å². The quantitative estimate of drug-likeness (QED) is 0.521. The van der Waals surface area contributed by atoms with E-state index in [1.165, 1.54) is 6.33 Å². The molecule has 0 N–H and O–H groups in total. The van der Waals surface area contributed by atoms with Gasteiger partial charge in [0.05, 0.1) is 17.8 Å². The summed E-state index contributed by atoms with van der Waals surface area (Å²) in [6, 6.07) is 13.0. The minimum Gasteiger partial charge on any atom is -0.354 e. The summed E-state index contributed by atoms with van der Waals surface area (Å²) in [5.41, 5.74) is 2.46. The number of rotatable bonds is 5. The third-order valence-electron chi connectivity index (χ3n) is 3.94. The highest BCUT2D eigenvalue weighted by Gasteiger charge is 2.12. The number of benzene rings is 1. The fourth-order valence-corrected chi connectivity index (χ4v) is 2.75. The first-order valence-corrected chi connectivity index (χ1v) is 8.59. The largest absolute Gasteiger partial charge is 0.354 e. The van der Waals surface area contributed by atoms with E-state index in [4.69, 9.17) is 16.1 Å². The summed E-state index contributed by atoms with van der Waals surface area (Å²) < 4.78 is 5.37. The van der Waals surface area contributed by atoms with Gasteiger partial charge in [-0.15, -0.1) is 0 Å². The molecule has 0 aliphatic rings. The fraction of sp³-hybridized carbons (Fsp3) is 0.105. The molecule has 0 radical (unpaired) electrons. The third-order valence-corrected chi connectivity index (χ3v) is 4.17. The third kappa shape index (κ3) is 3.93. The Labute approximate surface area is 160 Å². The zero-order chi connectivity index (χ0) is 18.6. The Kier molecular flexibility index (Phi) is 4.76. The normalized spacial score (nSPS) is 10.7. The predicted octanol–water partition coefficient (Wildman–Crippen LogP) is 3.88. The smallest absolute Gasteiger partial charge is 0.259 e. The maximum absolute atomic E-state index is 6.01. The molecule has 0 aliphatic carbocycles. The van der Waals surface area contributed by atoms with E-state index >= 15 is 0 Å². The molecule has 134 valence electrons. The Morgan fingerprint density at radius 2 is 2.00 bits per heavy atom.